The fourth-order valence-electron chi connectivity index (χ4n) is 1.03. The lowest BCUT2D eigenvalue weighted by atomic mass is 10.3. The summed E-state index contributed by atoms with van der Waals surface area (Å²) in [5.41, 5.74) is 0. The molecule has 15 heavy (non-hydrogen) atoms. The summed E-state index contributed by atoms with van der Waals surface area (Å²) in [6.45, 7) is 9.72. The Hall–Kier alpha value is -0.610. The summed E-state index contributed by atoms with van der Waals surface area (Å²) >= 11 is 0. The first-order chi connectivity index (χ1) is 6.99. The first-order valence-electron chi connectivity index (χ1n) is 5.55. The minimum Gasteiger partial charge on any atom is -0.380 e. The van der Waals surface area contributed by atoms with Gasteiger partial charge in [0, 0.05) is 25.7 Å². The van der Waals surface area contributed by atoms with E-state index >= 15 is 0 Å². The lowest BCUT2D eigenvalue weighted by molar-refractivity contribution is -0.130. The van der Waals surface area contributed by atoms with Crippen LogP contribution in [0.2, 0.25) is 0 Å². The molecule has 0 radical (unpaired) electrons. The van der Waals surface area contributed by atoms with Gasteiger partial charge in [0.05, 0.1) is 13.2 Å². The van der Waals surface area contributed by atoms with Crippen LogP contribution in [0.3, 0.4) is 0 Å². The summed E-state index contributed by atoms with van der Waals surface area (Å²) < 4.78 is 5.25. The van der Waals surface area contributed by atoms with Crippen LogP contribution in [0.4, 0.5) is 0 Å². The Morgan fingerprint density at radius 2 is 2.00 bits per heavy atom. The van der Waals surface area contributed by atoms with Gasteiger partial charge in [-0.1, -0.05) is 0 Å². The SMILES string of the molecule is CCOCC(C)NCC(=O)N(C)C(C)C. The summed E-state index contributed by atoms with van der Waals surface area (Å²) in [6.07, 6.45) is 0. The topological polar surface area (TPSA) is 41.6 Å². The number of carbonyl (C=O) groups excluding carboxylic acids is 1. The highest BCUT2D eigenvalue weighted by Crippen LogP contribution is 1.93. The predicted octanol–water partition coefficient (Wildman–Crippen LogP) is 0.868. The van der Waals surface area contributed by atoms with Crippen LogP contribution in [0.25, 0.3) is 0 Å². The predicted molar refractivity (Wildman–Crippen MR) is 61.9 cm³/mol. The molecule has 0 aliphatic carbocycles. The van der Waals surface area contributed by atoms with E-state index in [1.54, 1.807) is 4.90 Å². The molecule has 0 fully saturated rings. The van der Waals surface area contributed by atoms with Gasteiger partial charge in [0.2, 0.25) is 5.91 Å². The highest BCUT2D eigenvalue weighted by molar-refractivity contribution is 5.78. The van der Waals surface area contributed by atoms with Crippen molar-refractivity contribution in [2.75, 3.05) is 26.8 Å². The Kier molecular flexibility index (Phi) is 7.34. The van der Waals surface area contributed by atoms with E-state index in [1.807, 2.05) is 34.7 Å². The van der Waals surface area contributed by atoms with Crippen molar-refractivity contribution in [3.8, 4) is 0 Å². The smallest absolute Gasteiger partial charge is 0.236 e. The molecular weight excluding hydrogens is 192 g/mol. The Morgan fingerprint density at radius 1 is 1.40 bits per heavy atom. The molecule has 1 unspecified atom stereocenters. The zero-order valence-corrected chi connectivity index (χ0v) is 10.5. The van der Waals surface area contributed by atoms with E-state index < -0.39 is 0 Å². The minimum absolute atomic E-state index is 0.119. The summed E-state index contributed by atoms with van der Waals surface area (Å²) in [7, 11) is 1.82. The van der Waals surface area contributed by atoms with Crippen LogP contribution in [0.15, 0.2) is 0 Å². The molecule has 1 atom stereocenters. The Bertz CT molecular complexity index is 183. The number of nitrogens with one attached hydrogen (secondary N) is 1. The molecule has 0 aliphatic heterocycles. The third-order valence-corrected chi connectivity index (χ3v) is 2.34. The standard InChI is InChI=1S/C11H24N2O2/c1-6-15-8-10(4)12-7-11(14)13(5)9(2)3/h9-10,12H,6-8H2,1-5H3. The summed E-state index contributed by atoms with van der Waals surface area (Å²) in [5.74, 6) is 0.119. The normalized spacial score (nSPS) is 12.9. The van der Waals surface area contributed by atoms with Gasteiger partial charge in [0.15, 0.2) is 0 Å². The monoisotopic (exact) mass is 216 g/mol. The molecule has 0 aromatic carbocycles. The number of hydrogen-bond donors (Lipinski definition) is 1. The second-order valence-corrected chi connectivity index (χ2v) is 4.04. The van der Waals surface area contributed by atoms with E-state index in [-0.39, 0.29) is 18.0 Å². The zero-order valence-electron chi connectivity index (χ0n) is 10.5. The number of carbonyl (C=O) groups is 1. The Labute approximate surface area is 93.0 Å². The molecule has 0 heterocycles. The fourth-order valence-corrected chi connectivity index (χ4v) is 1.03. The molecule has 0 saturated carbocycles. The maximum Gasteiger partial charge on any atom is 0.236 e. The van der Waals surface area contributed by atoms with Crippen LogP contribution in [0, 0.1) is 0 Å². The van der Waals surface area contributed by atoms with E-state index in [4.69, 9.17) is 4.74 Å². The van der Waals surface area contributed by atoms with Crippen LogP contribution in [0.1, 0.15) is 27.7 Å². The number of rotatable bonds is 7. The number of amides is 1. The number of likely N-dealkylation sites (N-methyl/N-ethyl adjacent to an activating group) is 1. The summed E-state index contributed by atoms with van der Waals surface area (Å²) in [5, 5.41) is 3.14. The van der Waals surface area contributed by atoms with Crippen LogP contribution in [-0.2, 0) is 9.53 Å². The molecule has 0 aliphatic rings. The Balaban J connectivity index is 3.70. The van der Waals surface area contributed by atoms with E-state index in [1.165, 1.54) is 0 Å². The van der Waals surface area contributed by atoms with Crippen LogP contribution >= 0.6 is 0 Å². The zero-order chi connectivity index (χ0) is 11.8. The third-order valence-electron chi connectivity index (χ3n) is 2.34. The van der Waals surface area contributed by atoms with Crippen LogP contribution in [-0.4, -0.2) is 49.7 Å². The van der Waals surface area contributed by atoms with Gasteiger partial charge in [-0.25, -0.2) is 0 Å². The lowest BCUT2D eigenvalue weighted by Gasteiger charge is -2.22. The quantitative estimate of drug-likeness (QED) is 0.686. The number of nitrogens with zero attached hydrogens (tertiary/aromatic N) is 1. The van der Waals surface area contributed by atoms with Crippen molar-refractivity contribution in [3.63, 3.8) is 0 Å². The second-order valence-electron chi connectivity index (χ2n) is 4.04. The lowest BCUT2D eigenvalue weighted by Crippen LogP contribution is -2.43. The van der Waals surface area contributed by atoms with E-state index in [0.29, 0.717) is 19.8 Å². The van der Waals surface area contributed by atoms with Crippen molar-refractivity contribution < 1.29 is 9.53 Å². The second kappa shape index (κ2) is 7.65. The maximum atomic E-state index is 11.6. The molecule has 0 spiro atoms. The molecule has 0 aromatic rings. The fraction of sp³-hybridized carbons (Fsp3) is 0.909. The van der Waals surface area contributed by atoms with Crippen LogP contribution < -0.4 is 5.32 Å². The van der Waals surface area contributed by atoms with Gasteiger partial charge in [-0.2, -0.15) is 0 Å². The van der Waals surface area contributed by atoms with Gasteiger partial charge < -0.3 is 15.0 Å². The molecule has 90 valence electrons. The van der Waals surface area contributed by atoms with Crippen molar-refractivity contribution in [2.24, 2.45) is 0 Å². The first kappa shape index (κ1) is 14.4. The number of hydrogen-bond acceptors (Lipinski definition) is 3. The van der Waals surface area contributed by atoms with Gasteiger partial charge in [0.1, 0.15) is 0 Å². The average Bonchev–Trinajstić information content (AvgIpc) is 2.21. The van der Waals surface area contributed by atoms with E-state index in [2.05, 4.69) is 5.32 Å². The Morgan fingerprint density at radius 3 is 2.47 bits per heavy atom. The van der Waals surface area contributed by atoms with Crippen molar-refractivity contribution in [1.29, 1.82) is 0 Å². The largest absolute Gasteiger partial charge is 0.380 e. The summed E-state index contributed by atoms with van der Waals surface area (Å²) in [4.78, 5) is 13.3. The highest BCUT2D eigenvalue weighted by Gasteiger charge is 2.12. The third kappa shape index (κ3) is 6.47. The van der Waals surface area contributed by atoms with Gasteiger partial charge in [-0.3, -0.25) is 4.79 Å². The van der Waals surface area contributed by atoms with E-state index in [0.717, 1.165) is 0 Å². The minimum atomic E-state index is 0.119. The van der Waals surface area contributed by atoms with Gasteiger partial charge >= 0.3 is 0 Å². The molecular formula is C11H24N2O2. The number of ether oxygens (including phenoxy) is 1. The molecule has 1 N–H and O–H groups in total. The highest BCUT2D eigenvalue weighted by atomic mass is 16.5. The molecule has 0 aromatic heterocycles. The van der Waals surface area contributed by atoms with Crippen LogP contribution in [0.5, 0.6) is 0 Å². The van der Waals surface area contributed by atoms with Gasteiger partial charge in [-0.15, -0.1) is 0 Å². The molecule has 4 nitrogen and oxygen atoms in total. The summed E-state index contributed by atoms with van der Waals surface area (Å²) in [6, 6.07) is 0.468. The average molecular weight is 216 g/mol. The molecule has 1 amide bonds. The van der Waals surface area contributed by atoms with Crippen molar-refractivity contribution >= 4 is 5.91 Å². The maximum absolute atomic E-state index is 11.6. The first-order valence-corrected chi connectivity index (χ1v) is 5.55. The molecule has 0 saturated heterocycles. The van der Waals surface area contributed by atoms with Crippen molar-refractivity contribution in [2.45, 2.75) is 39.8 Å². The van der Waals surface area contributed by atoms with Crippen molar-refractivity contribution in [1.82, 2.24) is 10.2 Å². The molecule has 4 heteroatoms. The van der Waals surface area contributed by atoms with Gasteiger partial charge in [-0.05, 0) is 27.7 Å². The van der Waals surface area contributed by atoms with Crippen molar-refractivity contribution in [3.05, 3.63) is 0 Å². The molecule has 0 rings (SSSR count). The van der Waals surface area contributed by atoms with E-state index in [9.17, 15) is 4.79 Å². The van der Waals surface area contributed by atoms with Gasteiger partial charge in [0.25, 0.3) is 0 Å². The molecule has 0 bridgehead atoms.